The van der Waals surface area contributed by atoms with Gasteiger partial charge in [-0.3, -0.25) is 19.9 Å². The highest BCUT2D eigenvalue weighted by molar-refractivity contribution is 5.55. The number of nitrogens with one attached hydrogen (secondary N) is 2. The van der Waals surface area contributed by atoms with E-state index in [2.05, 4.69) is 4.98 Å². The van der Waals surface area contributed by atoms with E-state index >= 15 is 0 Å². The number of ether oxygens (including phenoxy) is 1. The third-order valence-corrected chi connectivity index (χ3v) is 2.63. The standard InChI is InChI=1S/C10H12N4O5/c15-9-8(14(17)18)7(11-10(16)12-9)1-2-13-3-5-19-6-4-13/h1-2H,3-6H2,(H2,11,12,15,16)/b2-1+. The quantitative estimate of drug-likeness (QED) is 0.551. The van der Waals surface area contributed by atoms with Crippen molar-refractivity contribution in [2.45, 2.75) is 0 Å². The van der Waals surface area contributed by atoms with Crippen molar-refractivity contribution >= 4 is 11.8 Å². The zero-order valence-corrected chi connectivity index (χ0v) is 9.92. The molecule has 0 spiro atoms. The smallest absolute Gasteiger partial charge is 0.357 e. The van der Waals surface area contributed by atoms with Crippen molar-refractivity contribution in [3.63, 3.8) is 0 Å². The van der Waals surface area contributed by atoms with E-state index < -0.39 is 21.9 Å². The highest BCUT2D eigenvalue weighted by Crippen LogP contribution is 2.10. The minimum absolute atomic E-state index is 0.120. The van der Waals surface area contributed by atoms with Crippen LogP contribution in [0.15, 0.2) is 15.8 Å². The maximum Gasteiger partial charge on any atom is 0.357 e. The lowest BCUT2D eigenvalue weighted by Gasteiger charge is -2.24. The van der Waals surface area contributed by atoms with Crippen molar-refractivity contribution in [2.24, 2.45) is 0 Å². The number of rotatable bonds is 3. The molecular weight excluding hydrogens is 256 g/mol. The molecule has 2 rings (SSSR count). The second-order valence-electron chi connectivity index (χ2n) is 3.89. The Hall–Kier alpha value is -2.42. The number of H-pyrrole nitrogens is 2. The highest BCUT2D eigenvalue weighted by atomic mass is 16.6. The Bertz CT molecular complexity index is 611. The summed E-state index contributed by atoms with van der Waals surface area (Å²) in [4.78, 5) is 38.4. The van der Waals surface area contributed by atoms with Crippen LogP contribution in [0.4, 0.5) is 5.69 Å². The van der Waals surface area contributed by atoms with Crippen molar-refractivity contribution in [3.8, 4) is 0 Å². The summed E-state index contributed by atoms with van der Waals surface area (Å²) in [5, 5.41) is 10.8. The first-order valence-corrected chi connectivity index (χ1v) is 5.59. The summed E-state index contributed by atoms with van der Waals surface area (Å²) in [6.07, 6.45) is 2.94. The summed E-state index contributed by atoms with van der Waals surface area (Å²) >= 11 is 0. The number of hydrogen-bond donors (Lipinski definition) is 2. The zero-order valence-electron chi connectivity index (χ0n) is 9.92. The zero-order chi connectivity index (χ0) is 13.8. The molecule has 19 heavy (non-hydrogen) atoms. The van der Waals surface area contributed by atoms with E-state index in [1.165, 1.54) is 6.08 Å². The number of nitro groups is 1. The molecule has 0 atom stereocenters. The van der Waals surface area contributed by atoms with Gasteiger partial charge in [-0.25, -0.2) is 4.79 Å². The number of hydrogen-bond acceptors (Lipinski definition) is 6. The molecule has 2 N–H and O–H groups in total. The first kappa shape index (κ1) is 13.0. The van der Waals surface area contributed by atoms with Crippen molar-refractivity contribution in [2.75, 3.05) is 26.3 Å². The molecule has 1 aromatic rings. The molecule has 0 saturated carbocycles. The van der Waals surface area contributed by atoms with Crippen LogP contribution in [0, 0.1) is 10.1 Å². The lowest BCUT2D eigenvalue weighted by atomic mass is 10.3. The van der Waals surface area contributed by atoms with E-state index in [9.17, 15) is 19.7 Å². The van der Waals surface area contributed by atoms with E-state index in [4.69, 9.17) is 4.74 Å². The van der Waals surface area contributed by atoms with Crippen molar-refractivity contribution in [1.82, 2.24) is 14.9 Å². The molecule has 9 heteroatoms. The third-order valence-electron chi connectivity index (χ3n) is 2.63. The van der Waals surface area contributed by atoms with Crippen LogP contribution >= 0.6 is 0 Å². The SMILES string of the molecule is O=c1[nH]c(/C=C/N2CCOCC2)c([N+](=O)[O-])c(=O)[nH]1. The third kappa shape index (κ3) is 3.07. The number of morpholine rings is 1. The minimum atomic E-state index is -1.02. The predicted octanol–water partition coefficient (Wildman–Crippen LogP) is -0.726. The lowest BCUT2D eigenvalue weighted by molar-refractivity contribution is -0.386. The van der Waals surface area contributed by atoms with E-state index in [1.54, 1.807) is 6.20 Å². The summed E-state index contributed by atoms with van der Waals surface area (Å²) in [5.74, 6) is 0. The highest BCUT2D eigenvalue weighted by Gasteiger charge is 2.19. The van der Waals surface area contributed by atoms with Gasteiger partial charge in [-0.2, -0.15) is 0 Å². The Balaban J connectivity index is 2.33. The van der Waals surface area contributed by atoms with E-state index in [-0.39, 0.29) is 5.69 Å². The van der Waals surface area contributed by atoms with Gasteiger partial charge >= 0.3 is 16.9 Å². The van der Waals surface area contributed by atoms with Gasteiger partial charge in [0.05, 0.1) is 18.1 Å². The van der Waals surface area contributed by atoms with Gasteiger partial charge < -0.3 is 14.6 Å². The van der Waals surface area contributed by atoms with Crippen molar-refractivity contribution in [3.05, 3.63) is 42.8 Å². The average Bonchev–Trinajstić information content (AvgIpc) is 2.36. The lowest BCUT2D eigenvalue weighted by Crippen LogP contribution is -2.32. The summed E-state index contributed by atoms with van der Waals surface area (Å²) in [7, 11) is 0. The Kier molecular flexibility index (Phi) is 3.76. The van der Waals surface area contributed by atoms with Crippen LogP contribution in [-0.2, 0) is 4.74 Å². The molecule has 1 fully saturated rings. The molecule has 0 aromatic carbocycles. The van der Waals surface area contributed by atoms with Gasteiger partial charge in [-0.15, -0.1) is 0 Å². The van der Waals surface area contributed by atoms with Gasteiger partial charge in [0.1, 0.15) is 5.69 Å². The second kappa shape index (κ2) is 5.48. The summed E-state index contributed by atoms with van der Waals surface area (Å²) in [5.41, 5.74) is -2.60. The monoisotopic (exact) mass is 268 g/mol. The van der Waals surface area contributed by atoms with Crippen LogP contribution in [0.1, 0.15) is 5.69 Å². The molecule has 0 unspecified atom stereocenters. The van der Waals surface area contributed by atoms with Crippen LogP contribution in [0.5, 0.6) is 0 Å². The molecule has 0 aliphatic carbocycles. The molecule has 1 aliphatic heterocycles. The maximum absolute atomic E-state index is 11.4. The molecule has 1 aromatic heterocycles. The van der Waals surface area contributed by atoms with Crippen molar-refractivity contribution < 1.29 is 9.66 Å². The molecule has 0 amide bonds. The van der Waals surface area contributed by atoms with Gasteiger partial charge in [0, 0.05) is 19.3 Å². The van der Waals surface area contributed by atoms with E-state index in [0.717, 1.165) is 0 Å². The normalized spacial score (nSPS) is 15.9. The summed E-state index contributed by atoms with van der Waals surface area (Å²) in [6.45, 7) is 2.44. The Morgan fingerprint density at radius 3 is 2.58 bits per heavy atom. The molecule has 102 valence electrons. The Morgan fingerprint density at radius 1 is 1.26 bits per heavy atom. The fourth-order valence-electron chi connectivity index (χ4n) is 1.71. The van der Waals surface area contributed by atoms with Gasteiger partial charge in [-0.05, 0) is 6.08 Å². The van der Waals surface area contributed by atoms with Gasteiger partial charge in [0.25, 0.3) is 0 Å². The Labute approximate surface area is 106 Å². The van der Waals surface area contributed by atoms with Crippen LogP contribution in [0.3, 0.4) is 0 Å². The van der Waals surface area contributed by atoms with Crippen molar-refractivity contribution in [1.29, 1.82) is 0 Å². The molecular formula is C10H12N4O5. The molecule has 9 nitrogen and oxygen atoms in total. The van der Waals surface area contributed by atoms with Gasteiger partial charge in [-0.1, -0.05) is 0 Å². The van der Waals surface area contributed by atoms with Crippen LogP contribution in [0.25, 0.3) is 6.08 Å². The summed E-state index contributed by atoms with van der Waals surface area (Å²) in [6, 6.07) is 0. The molecule has 2 heterocycles. The average molecular weight is 268 g/mol. The molecule has 0 radical (unpaired) electrons. The fraction of sp³-hybridized carbons (Fsp3) is 0.400. The topological polar surface area (TPSA) is 121 Å². The maximum atomic E-state index is 11.4. The molecule has 0 bridgehead atoms. The Morgan fingerprint density at radius 2 is 1.95 bits per heavy atom. The van der Waals surface area contributed by atoms with Crippen LogP contribution in [-0.4, -0.2) is 46.1 Å². The molecule has 1 aliphatic rings. The van der Waals surface area contributed by atoms with Crippen LogP contribution < -0.4 is 11.2 Å². The van der Waals surface area contributed by atoms with Gasteiger partial charge in [0.2, 0.25) is 0 Å². The first-order chi connectivity index (χ1) is 9.08. The number of aromatic amines is 2. The number of nitrogens with zero attached hydrogens (tertiary/aromatic N) is 2. The van der Waals surface area contributed by atoms with Crippen LogP contribution in [0.2, 0.25) is 0 Å². The second-order valence-corrected chi connectivity index (χ2v) is 3.89. The van der Waals surface area contributed by atoms with Gasteiger partial charge in [0.15, 0.2) is 0 Å². The molecule has 1 saturated heterocycles. The minimum Gasteiger partial charge on any atom is -0.378 e. The largest absolute Gasteiger partial charge is 0.378 e. The van der Waals surface area contributed by atoms with E-state index in [1.807, 2.05) is 9.88 Å². The summed E-state index contributed by atoms with van der Waals surface area (Å²) < 4.78 is 5.16. The number of aromatic nitrogens is 2. The first-order valence-electron chi connectivity index (χ1n) is 5.59. The predicted molar refractivity (Wildman–Crippen MR) is 65.8 cm³/mol. The van der Waals surface area contributed by atoms with E-state index in [0.29, 0.717) is 26.3 Å². The fourth-order valence-corrected chi connectivity index (χ4v) is 1.71.